The topological polar surface area (TPSA) is 51.7 Å². The Bertz CT molecular complexity index is 798. The molecule has 2 aliphatic rings. The van der Waals surface area contributed by atoms with Crippen LogP contribution in [0.1, 0.15) is 12.5 Å². The van der Waals surface area contributed by atoms with Crippen LogP contribution in [0, 0.1) is 0 Å². The molecule has 1 N–H and O–H groups in total. The fourth-order valence-electron chi connectivity index (χ4n) is 3.84. The standard InChI is InChI=1S/C21H27N5O/c1-16(26-10-9-17-5-3-4-6-19(17)26)21(27)23-18-7-8-20(22-15-18)25-13-11-24(2)12-14-25/h3-8,15-16H,9-14H2,1-2H3,(H,23,27)/t16-/m1/s1. The van der Waals surface area contributed by atoms with Crippen molar-refractivity contribution < 1.29 is 4.79 Å². The number of anilines is 3. The van der Waals surface area contributed by atoms with E-state index >= 15 is 0 Å². The van der Waals surface area contributed by atoms with Crippen molar-refractivity contribution >= 4 is 23.1 Å². The molecular formula is C21H27N5O. The molecule has 1 saturated heterocycles. The van der Waals surface area contributed by atoms with E-state index in [0.29, 0.717) is 0 Å². The molecule has 1 aromatic heterocycles. The number of pyridine rings is 1. The van der Waals surface area contributed by atoms with Crippen molar-refractivity contribution in [2.45, 2.75) is 19.4 Å². The summed E-state index contributed by atoms with van der Waals surface area (Å²) in [5.41, 5.74) is 3.23. The van der Waals surface area contributed by atoms with E-state index in [1.165, 1.54) is 11.3 Å². The Morgan fingerprint density at radius 1 is 1.07 bits per heavy atom. The summed E-state index contributed by atoms with van der Waals surface area (Å²) < 4.78 is 0. The summed E-state index contributed by atoms with van der Waals surface area (Å²) in [5, 5.41) is 3.02. The fraction of sp³-hybridized carbons (Fsp3) is 0.429. The highest BCUT2D eigenvalue weighted by Crippen LogP contribution is 2.29. The molecule has 4 rings (SSSR count). The number of rotatable bonds is 4. The van der Waals surface area contributed by atoms with Gasteiger partial charge in [0, 0.05) is 38.4 Å². The summed E-state index contributed by atoms with van der Waals surface area (Å²) in [4.78, 5) is 24.1. The van der Waals surface area contributed by atoms with Crippen molar-refractivity contribution in [3.8, 4) is 0 Å². The molecule has 0 saturated carbocycles. The lowest BCUT2D eigenvalue weighted by Crippen LogP contribution is -2.44. The van der Waals surface area contributed by atoms with Crippen LogP contribution >= 0.6 is 0 Å². The number of carbonyl (C=O) groups is 1. The molecule has 2 aromatic rings. The Morgan fingerprint density at radius 3 is 2.59 bits per heavy atom. The van der Waals surface area contributed by atoms with Gasteiger partial charge in [0.25, 0.3) is 0 Å². The monoisotopic (exact) mass is 365 g/mol. The van der Waals surface area contributed by atoms with Crippen molar-refractivity contribution in [1.29, 1.82) is 0 Å². The van der Waals surface area contributed by atoms with Crippen LogP contribution in [0.5, 0.6) is 0 Å². The third-order valence-electron chi connectivity index (χ3n) is 5.61. The van der Waals surface area contributed by atoms with Crippen LogP contribution in [0.25, 0.3) is 0 Å². The minimum atomic E-state index is -0.217. The summed E-state index contributed by atoms with van der Waals surface area (Å²) in [7, 11) is 2.14. The first-order chi connectivity index (χ1) is 13.1. The zero-order valence-corrected chi connectivity index (χ0v) is 16.1. The lowest BCUT2D eigenvalue weighted by atomic mass is 10.1. The van der Waals surface area contributed by atoms with Gasteiger partial charge in [-0.25, -0.2) is 4.98 Å². The second kappa shape index (κ2) is 7.56. The number of benzene rings is 1. The van der Waals surface area contributed by atoms with Gasteiger partial charge >= 0.3 is 0 Å². The smallest absolute Gasteiger partial charge is 0.246 e. The summed E-state index contributed by atoms with van der Waals surface area (Å²) in [6, 6.07) is 12.1. The normalized spacial score (nSPS) is 18.3. The molecule has 6 heteroatoms. The molecule has 3 heterocycles. The predicted octanol–water partition coefficient (Wildman–Crippen LogP) is 2.22. The fourth-order valence-corrected chi connectivity index (χ4v) is 3.84. The van der Waals surface area contributed by atoms with Gasteiger partial charge < -0.3 is 20.0 Å². The van der Waals surface area contributed by atoms with Gasteiger partial charge in [-0.2, -0.15) is 0 Å². The second-order valence-electron chi connectivity index (χ2n) is 7.43. The predicted molar refractivity (Wildman–Crippen MR) is 110 cm³/mol. The van der Waals surface area contributed by atoms with Gasteiger partial charge in [-0.05, 0) is 44.2 Å². The van der Waals surface area contributed by atoms with E-state index in [1.54, 1.807) is 6.20 Å². The molecule has 6 nitrogen and oxygen atoms in total. The number of carbonyl (C=O) groups excluding carboxylic acids is 1. The molecule has 27 heavy (non-hydrogen) atoms. The van der Waals surface area contributed by atoms with Gasteiger partial charge in [0.15, 0.2) is 0 Å². The van der Waals surface area contributed by atoms with E-state index in [-0.39, 0.29) is 11.9 Å². The molecular weight excluding hydrogens is 338 g/mol. The lowest BCUT2D eigenvalue weighted by molar-refractivity contribution is -0.117. The van der Waals surface area contributed by atoms with Gasteiger partial charge in [-0.15, -0.1) is 0 Å². The maximum absolute atomic E-state index is 12.7. The molecule has 0 unspecified atom stereocenters. The Hall–Kier alpha value is -2.60. The number of hydrogen-bond donors (Lipinski definition) is 1. The molecule has 1 fully saturated rings. The molecule has 0 aliphatic carbocycles. The number of nitrogens with zero attached hydrogens (tertiary/aromatic N) is 4. The lowest BCUT2D eigenvalue weighted by Gasteiger charge is -2.33. The van der Waals surface area contributed by atoms with Crippen LogP contribution in [0.3, 0.4) is 0 Å². The summed E-state index contributed by atoms with van der Waals surface area (Å²) in [6.07, 6.45) is 2.76. The third kappa shape index (κ3) is 3.76. The average Bonchev–Trinajstić information content (AvgIpc) is 3.13. The van der Waals surface area contributed by atoms with Crippen LogP contribution in [0.2, 0.25) is 0 Å². The van der Waals surface area contributed by atoms with Gasteiger partial charge in [0.2, 0.25) is 5.91 Å². The largest absolute Gasteiger partial charge is 0.359 e. The minimum absolute atomic E-state index is 0.000787. The molecule has 0 radical (unpaired) electrons. The third-order valence-corrected chi connectivity index (χ3v) is 5.61. The summed E-state index contributed by atoms with van der Waals surface area (Å²) in [6.45, 7) is 6.92. The van der Waals surface area contributed by atoms with Gasteiger partial charge in [0.05, 0.1) is 11.9 Å². The van der Waals surface area contributed by atoms with Gasteiger partial charge in [-0.3, -0.25) is 4.79 Å². The summed E-state index contributed by atoms with van der Waals surface area (Å²) >= 11 is 0. The average molecular weight is 365 g/mol. The van der Waals surface area contributed by atoms with Gasteiger partial charge in [-0.1, -0.05) is 18.2 Å². The van der Waals surface area contributed by atoms with Crippen molar-refractivity contribution in [2.24, 2.45) is 0 Å². The van der Waals surface area contributed by atoms with Crippen LogP contribution < -0.4 is 15.1 Å². The highest BCUT2D eigenvalue weighted by Gasteiger charge is 2.27. The number of amides is 1. The van der Waals surface area contributed by atoms with Crippen LogP contribution in [-0.2, 0) is 11.2 Å². The van der Waals surface area contributed by atoms with Crippen LogP contribution in [0.15, 0.2) is 42.6 Å². The molecule has 1 atom stereocenters. The highest BCUT2D eigenvalue weighted by molar-refractivity contribution is 5.97. The Morgan fingerprint density at radius 2 is 1.85 bits per heavy atom. The maximum Gasteiger partial charge on any atom is 0.246 e. The van der Waals surface area contributed by atoms with E-state index < -0.39 is 0 Å². The van der Waals surface area contributed by atoms with Crippen molar-refractivity contribution in [3.05, 3.63) is 48.2 Å². The number of nitrogens with one attached hydrogen (secondary N) is 1. The van der Waals surface area contributed by atoms with Crippen molar-refractivity contribution in [1.82, 2.24) is 9.88 Å². The number of para-hydroxylation sites is 1. The summed E-state index contributed by atoms with van der Waals surface area (Å²) in [5.74, 6) is 0.975. The van der Waals surface area contributed by atoms with E-state index in [4.69, 9.17) is 0 Å². The molecule has 0 bridgehead atoms. The quantitative estimate of drug-likeness (QED) is 0.900. The first-order valence-electron chi connectivity index (χ1n) is 9.67. The Kier molecular flexibility index (Phi) is 4.99. The number of aromatic nitrogens is 1. The molecule has 1 amide bonds. The maximum atomic E-state index is 12.7. The molecule has 1 aromatic carbocycles. The zero-order chi connectivity index (χ0) is 18.8. The second-order valence-corrected chi connectivity index (χ2v) is 7.43. The van der Waals surface area contributed by atoms with Crippen molar-refractivity contribution in [2.75, 3.05) is 54.9 Å². The van der Waals surface area contributed by atoms with Crippen LogP contribution in [0.4, 0.5) is 17.2 Å². The molecule has 2 aliphatic heterocycles. The molecule has 142 valence electrons. The van der Waals surface area contributed by atoms with Crippen LogP contribution in [-0.4, -0.2) is 61.6 Å². The van der Waals surface area contributed by atoms with E-state index in [9.17, 15) is 4.79 Å². The number of hydrogen-bond acceptors (Lipinski definition) is 5. The minimum Gasteiger partial charge on any atom is -0.359 e. The van der Waals surface area contributed by atoms with E-state index in [2.05, 4.69) is 50.2 Å². The number of fused-ring (bicyclic) bond motifs is 1. The first kappa shape index (κ1) is 17.8. The zero-order valence-electron chi connectivity index (χ0n) is 16.1. The Balaban J connectivity index is 1.38. The number of likely N-dealkylation sites (N-methyl/N-ethyl adjacent to an activating group) is 1. The SMILES string of the molecule is C[C@H](C(=O)Nc1ccc(N2CCN(C)CC2)nc1)N1CCc2ccccc21. The van der Waals surface area contributed by atoms with Gasteiger partial charge in [0.1, 0.15) is 11.9 Å². The molecule has 0 spiro atoms. The van der Waals surface area contributed by atoms with Crippen molar-refractivity contribution in [3.63, 3.8) is 0 Å². The Labute approximate surface area is 160 Å². The van der Waals surface area contributed by atoms with E-state index in [0.717, 1.165) is 50.6 Å². The highest BCUT2D eigenvalue weighted by atomic mass is 16.2. The van der Waals surface area contributed by atoms with E-state index in [1.807, 2.05) is 25.1 Å². The first-order valence-corrected chi connectivity index (χ1v) is 9.67. The number of piperazine rings is 1.